The van der Waals surface area contributed by atoms with Gasteiger partial charge in [0.1, 0.15) is 6.04 Å². The first-order chi connectivity index (χ1) is 10.0. The number of β-lactam (4-membered cyclic amide) rings is 1. The number of hydrogen-bond acceptors (Lipinski definition) is 2. The lowest BCUT2D eigenvalue weighted by molar-refractivity contribution is -0.126. The van der Waals surface area contributed by atoms with E-state index in [0.717, 1.165) is 5.56 Å². The molecule has 3 rings (SSSR count). The molecule has 1 heterocycles. The third-order valence-electron chi connectivity index (χ3n) is 3.55. The van der Waals surface area contributed by atoms with Crippen molar-refractivity contribution in [2.24, 2.45) is 5.73 Å². The Morgan fingerprint density at radius 3 is 2.33 bits per heavy atom. The molecule has 1 aliphatic heterocycles. The quantitative estimate of drug-likeness (QED) is 0.837. The van der Waals surface area contributed by atoms with E-state index in [2.05, 4.69) is 0 Å². The summed E-state index contributed by atoms with van der Waals surface area (Å²) in [6.07, 6.45) is 0. The van der Waals surface area contributed by atoms with Crippen LogP contribution >= 0.6 is 34.8 Å². The maximum absolute atomic E-state index is 12.1. The molecule has 108 valence electrons. The number of carbonyl (C=O) groups excluding carboxylic acids is 1. The first kappa shape index (κ1) is 14.7. The maximum atomic E-state index is 12.1. The summed E-state index contributed by atoms with van der Waals surface area (Å²) in [6, 6.07) is 11.5. The Labute approximate surface area is 137 Å². The molecule has 1 saturated heterocycles. The monoisotopic (exact) mass is 340 g/mol. The van der Waals surface area contributed by atoms with Crippen LogP contribution in [-0.2, 0) is 4.79 Å². The number of amides is 1. The molecule has 0 aliphatic carbocycles. The fourth-order valence-electron chi connectivity index (χ4n) is 2.48. The highest BCUT2D eigenvalue weighted by Gasteiger charge is 2.47. The molecular weight excluding hydrogens is 331 g/mol. The van der Waals surface area contributed by atoms with Crippen molar-refractivity contribution in [1.29, 1.82) is 0 Å². The van der Waals surface area contributed by atoms with Gasteiger partial charge in [-0.1, -0.05) is 53.0 Å². The van der Waals surface area contributed by atoms with Crippen molar-refractivity contribution < 1.29 is 4.79 Å². The topological polar surface area (TPSA) is 46.3 Å². The molecule has 1 aliphatic rings. The van der Waals surface area contributed by atoms with Crippen LogP contribution in [0.3, 0.4) is 0 Å². The van der Waals surface area contributed by atoms with Crippen molar-refractivity contribution in [1.82, 2.24) is 0 Å². The fourth-order valence-corrected chi connectivity index (χ4v) is 3.02. The molecule has 2 atom stereocenters. The van der Waals surface area contributed by atoms with Crippen molar-refractivity contribution in [3.8, 4) is 0 Å². The van der Waals surface area contributed by atoms with Gasteiger partial charge in [-0.25, -0.2) is 0 Å². The number of nitrogens with zero attached hydrogens (tertiary/aromatic N) is 1. The van der Waals surface area contributed by atoms with Crippen LogP contribution in [0.25, 0.3) is 0 Å². The first-order valence-corrected chi connectivity index (χ1v) is 7.42. The normalized spacial score (nSPS) is 21.3. The summed E-state index contributed by atoms with van der Waals surface area (Å²) in [6.45, 7) is 0. The average molecular weight is 342 g/mol. The molecule has 2 aromatic rings. The van der Waals surface area contributed by atoms with Gasteiger partial charge in [0.05, 0.1) is 16.1 Å². The summed E-state index contributed by atoms with van der Waals surface area (Å²) in [4.78, 5) is 13.7. The number of rotatable bonds is 2. The Morgan fingerprint density at radius 1 is 0.952 bits per heavy atom. The van der Waals surface area contributed by atoms with Crippen LogP contribution in [0.1, 0.15) is 11.6 Å². The Morgan fingerprint density at radius 2 is 1.67 bits per heavy atom. The van der Waals surface area contributed by atoms with Crippen LogP contribution in [0, 0.1) is 0 Å². The van der Waals surface area contributed by atoms with Crippen molar-refractivity contribution in [3.63, 3.8) is 0 Å². The number of benzene rings is 2. The van der Waals surface area contributed by atoms with Gasteiger partial charge in [0.2, 0.25) is 5.91 Å². The highest BCUT2D eigenvalue weighted by Crippen LogP contribution is 2.41. The Balaban J connectivity index is 2.02. The van der Waals surface area contributed by atoms with Crippen LogP contribution in [0.15, 0.2) is 42.5 Å². The third kappa shape index (κ3) is 2.40. The molecule has 2 aromatic carbocycles. The number of nitrogens with two attached hydrogens (primary N) is 1. The van der Waals surface area contributed by atoms with E-state index >= 15 is 0 Å². The molecule has 0 bridgehead atoms. The van der Waals surface area contributed by atoms with Crippen molar-refractivity contribution in [2.75, 3.05) is 4.90 Å². The molecule has 1 amide bonds. The zero-order valence-corrected chi connectivity index (χ0v) is 13.0. The molecular formula is C15H11Cl3N2O. The van der Waals surface area contributed by atoms with Gasteiger partial charge < -0.3 is 10.6 Å². The number of halogens is 3. The lowest BCUT2D eigenvalue weighted by Gasteiger charge is -2.46. The van der Waals surface area contributed by atoms with E-state index in [-0.39, 0.29) is 11.9 Å². The van der Waals surface area contributed by atoms with E-state index in [4.69, 9.17) is 40.5 Å². The summed E-state index contributed by atoms with van der Waals surface area (Å²) < 4.78 is 0. The molecule has 3 nitrogen and oxygen atoms in total. The van der Waals surface area contributed by atoms with Crippen molar-refractivity contribution in [2.45, 2.75) is 12.1 Å². The second-order valence-corrected chi connectivity index (χ2v) is 6.02. The number of hydrogen-bond donors (Lipinski definition) is 1. The molecule has 1 fully saturated rings. The summed E-state index contributed by atoms with van der Waals surface area (Å²) in [7, 11) is 0. The SMILES string of the molecule is N[C@@H]1C(=O)N(c2ccc(Cl)c(Cl)c2)[C@@H]1c1ccccc1Cl. The minimum atomic E-state index is -0.612. The lowest BCUT2D eigenvalue weighted by atomic mass is 9.88. The molecule has 0 aromatic heterocycles. The van der Waals surface area contributed by atoms with Crippen LogP contribution in [-0.4, -0.2) is 11.9 Å². The lowest BCUT2D eigenvalue weighted by Crippen LogP contribution is -2.63. The van der Waals surface area contributed by atoms with Crippen molar-refractivity contribution in [3.05, 3.63) is 63.1 Å². The van der Waals surface area contributed by atoms with E-state index in [1.54, 1.807) is 29.2 Å². The predicted molar refractivity (Wildman–Crippen MR) is 86.1 cm³/mol. The third-order valence-corrected chi connectivity index (χ3v) is 4.63. The smallest absolute Gasteiger partial charge is 0.247 e. The van der Waals surface area contributed by atoms with E-state index in [9.17, 15) is 4.79 Å². The van der Waals surface area contributed by atoms with E-state index in [1.807, 2.05) is 18.2 Å². The van der Waals surface area contributed by atoms with E-state index in [0.29, 0.717) is 20.8 Å². The van der Waals surface area contributed by atoms with Crippen molar-refractivity contribution >= 4 is 46.4 Å². The average Bonchev–Trinajstić information content (AvgIpc) is 2.48. The summed E-state index contributed by atoms with van der Waals surface area (Å²) in [5, 5.41) is 1.41. The zero-order valence-electron chi connectivity index (χ0n) is 10.8. The van der Waals surface area contributed by atoms with Gasteiger partial charge in [0.15, 0.2) is 0 Å². The van der Waals surface area contributed by atoms with Gasteiger partial charge in [0, 0.05) is 10.7 Å². The van der Waals surface area contributed by atoms with Crippen LogP contribution in [0.4, 0.5) is 5.69 Å². The van der Waals surface area contributed by atoms with Gasteiger partial charge in [0.25, 0.3) is 0 Å². The molecule has 0 spiro atoms. The van der Waals surface area contributed by atoms with E-state index < -0.39 is 6.04 Å². The van der Waals surface area contributed by atoms with Gasteiger partial charge in [-0.2, -0.15) is 0 Å². The molecule has 21 heavy (non-hydrogen) atoms. The predicted octanol–water partition coefficient (Wildman–Crippen LogP) is 4.06. The minimum absolute atomic E-state index is 0.168. The van der Waals surface area contributed by atoms with Gasteiger partial charge in [-0.15, -0.1) is 0 Å². The van der Waals surface area contributed by atoms with Gasteiger partial charge in [-0.05, 0) is 29.8 Å². The molecule has 0 saturated carbocycles. The fraction of sp³-hybridized carbons (Fsp3) is 0.133. The number of carbonyl (C=O) groups is 1. The highest BCUT2D eigenvalue weighted by molar-refractivity contribution is 6.42. The van der Waals surface area contributed by atoms with Gasteiger partial charge in [-0.3, -0.25) is 4.79 Å². The zero-order chi connectivity index (χ0) is 15.1. The molecule has 0 unspecified atom stereocenters. The summed E-state index contributed by atoms with van der Waals surface area (Å²) >= 11 is 18.1. The second-order valence-electron chi connectivity index (χ2n) is 4.80. The Bertz CT molecular complexity index is 720. The highest BCUT2D eigenvalue weighted by atomic mass is 35.5. The minimum Gasteiger partial charge on any atom is -0.318 e. The largest absolute Gasteiger partial charge is 0.318 e. The Kier molecular flexibility index (Phi) is 3.84. The maximum Gasteiger partial charge on any atom is 0.247 e. The van der Waals surface area contributed by atoms with Crippen LogP contribution < -0.4 is 10.6 Å². The standard InChI is InChI=1S/C15H11Cl3N2O/c16-10-4-2-1-3-9(10)14-13(19)15(21)20(14)8-5-6-11(17)12(18)7-8/h1-7,13-14H,19H2/t13-,14+/m0/s1. The Hall–Kier alpha value is -1.26. The first-order valence-electron chi connectivity index (χ1n) is 6.29. The molecule has 0 radical (unpaired) electrons. The second kappa shape index (κ2) is 5.50. The van der Waals surface area contributed by atoms with Crippen LogP contribution in [0.5, 0.6) is 0 Å². The van der Waals surface area contributed by atoms with Crippen LogP contribution in [0.2, 0.25) is 15.1 Å². The molecule has 6 heteroatoms. The number of anilines is 1. The van der Waals surface area contributed by atoms with Gasteiger partial charge >= 0.3 is 0 Å². The summed E-state index contributed by atoms with van der Waals surface area (Å²) in [5.41, 5.74) is 7.42. The summed E-state index contributed by atoms with van der Waals surface area (Å²) in [5.74, 6) is -0.168. The molecule has 2 N–H and O–H groups in total. The van der Waals surface area contributed by atoms with E-state index in [1.165, 1.54) is 0 Å².